The summed E-state index contributed by atoms with van der Waals surface area (Å²) in [4.78, 5) is 2.65. The van der Waals surface area contributed by atoms with Crippen LogP contribution in [0, 0.1) is 11.8 Å². The van der Waals surface area contributed by atoms with Crippen molar-refractivity contribution in [1.82, 2.24) is 10.2 Å². The zero-order chi connectivity index (χ0) is 13.4. The lowest BCUT2D eigenvalue weighted by Gasteiger charge is -2.36. The molecule has 0 spiro atoms. The molecule has 1 heterocycles. The van der Waals surface area contributed by atoms with Crippen LogP contribution in [0.15, 0.2) is 0 Å². The van der Waals surface area contributed by atoms with Gasteiger partial charge in [0.15, 0.2) is 0 Å². The molecule has 1 aliphatic rings. The fourth-order valence-electron chi connectivity index (χ4n) is 2.92. The van der Waals surface area contributed by atoms with E-state index in [9.17, 15) is 0 Å². The molecule has 1 aliphatic heterocycles. The number of piperidine rings is 1. The summed E-state index contributed by atoms with van der Waals surface area (Å²) in [5.74, 6) is 2.91. The minimum atomic E-state index is 0.675. The molecule has 1 N–H and O–H groups in total. The molecule has 0 aromatic carbocycles. The van der Waals surface area contributed by atoms with Crippen molar-refractivity contribution < 1.29 is 0 Å². The second kappa shape index (κ2) is 9.22. The third-order valence-electron chi connectivity index (χ3n) is 4.03. The van der Waals surface area contributed by atoms with E-state index in [0.29, 0.717) is 6.04 Å². The highest BCUT2D eigenvalue weighted by Crippen LogP contribution is 2.20. The van der Waals surface area contributed by atoms with Gasteiger partial charge in [0.25, 0.3) is 0 Å². The number of nitrogens with one attached hydrogen (secondary N) is 1. The largest absolute Gasteiger partial charge is 0.314 e. The molecule has 3 atom stereocenters. The van der Waals surface area contributed by atoms with Gasteiger partial charge in [-0.15, -0.1) is 0 Å². The molecule has 0 bridgehead atoms. The summed E-state index contributed by atoms with van der Waals surface area (Å²) in [5, 5.41) is 3.76. The molecule has 0 saturated carbocycles. The molecule has 3 heteroatoms. The van der Waals surface area contributed by atoms with Gasteiger partial charge >= 0.3 is 0 Å². The highest BCUT2D eigenvalue weighted by molar-refractivity contribution is 7.98. The Labute approximate surface area is 118 Å². The zero-order valence-electron chi connectivity index (χ0n) is 12.7. The van der Waals surface area contributed by atoms with E-state index in [4.69, 9.17) is 0 Å². The summed E-state index contributed by atoms with van der Waals surface area (Å²) in [6.07, 6.45) is 6.28. The molecule has 0 amide bonds. The highest BCUT2D eigenvalue weighted by Gasteiger charge is 2.23. The van der Waals surface area contributed by atoms with E-state index in [2.05, 4.69) is 37.2 Å². The SMILES string of the molecule is CCCN1CCCC(C(C)NCC(C)CSC)C1. The lowest BCUT2D eigenvalue weighted by atomic mass is 9.91. The Morgan fingerprint density at radius 2 is 2.17 bits per heavy atom. The van der Waals surface area contributed by atoms with Crippen molar-refractivity contribution in [1.29, 1.82) is 0 Å². The Hall–Kier alpha value is 0.270. The first-order valence-electron chi connectivity index (χ1n) is 7.62. The third kappa shape index (κ3) is 5.94. The molecule has 108 valence electrons. The number of hydrogen-bond acceptors (Lipinski definition) is 3. The number of hydrogen-bond donors (Lipinski definition) is 1. The molecule has 0 aliphatic carbocycles. The van der Waals surface area contributed by atoms with Gasteiger partial charge in [0.1, 0.15) is 0 Å². The van der Waals surface area contributed by atoms with Gasteiger partial charge in [-0.05, 0) is 69.7 Å². The van der Waals surface area contributed by atoms with E-state index in [0.717, 1.165) is 11.8 Å². The normalized spacial score (nSPS) is 25.0. The monoisotopic (exact) mass is 272 g/mol. The van der Waals surface area contributed by atoms with E-state index < -0.39 is 0 Å². The predicted octanol–water partition coefficient (Wildman–Crippen LogP) is 3.09. The van der Waals surface area contributed by atoms with Crippen LogP contribution in [0.3, 0.4) is 0 Å². The van der Waals surface area contributed by atoms with Crippen molar-refractivity contribution in [2.75, 3.05) is 38.2 Å². The first-order chi connectivity index (χ1) is 8.67. The zero-order valence-corrected chi connectivity index (χ0v) is 13.6. The minimum Gasteiger partial charge on any atom is -0.314 e. The summed E-state index contributed by atoms with van der Waals surface area (Å²) < 4.78 is 0. The van der Waals surface area contributed by atoms with Crippen LogP contribution >= 0.6 is 11.8 Å². The first kappa shape index (κ1) is 16.3. The van der Waals surface area contributed by atoms with E-state index in [1.165, 1.54) is 51.2 Å². The maximum absolute atomic E-state index is 3.76. The van der Waals surface area contributed by atoms with Gasteiger partial charge in [-0.2, -0.15) is 11.8 Å². The van der Waals surface area contributed by atoms with Gasteiger partial charge in [0.05, 0.1) is 0 Å². The molecule has 2 nitrogen and oxygen atoms in total. The van der Waals surface area contributed by atoms with E-state index in [1.54, 1.807) is 0 Å². The molecule has 0 aromatic rings. The summed E-state index contributed by atoms with van der Waals surface area (Å²) in [5.41, 5.74) is 0. The van der Waals surface area contributed by atoms with Gasteiger partial charge in [0, 0.05) is 12.6 Å². The van der Waals surface area contributed by atoms with E-state index in [1.807, 2.05) is 11.8 Å². The molecule has 3 unspecified atom stereocenters. The number of rotatable bonds is 8. The molecule has 1 saturated heterocycles. The molecule has 1 rings (SSSR count). The van der Waals surface area contributed by atoms with Crippen molar-refractivity contribution in [3.05, 3.63) is 0 Å². The molecule has 0 aromatic heterocycles. The average molecular weight is 273 g/mol. The van der Waals surface area contributed by atoms with Crippen LogP contribution in [0.1, 0.15) is 40.0 Å². The lowest BCUT2D eigenvalue weighted by molar-refractivity contribution is 0.150. The van der Waals surface area contributed by atoms with Crippen molar-refractivity contribution in [3.8, 4) is 0 Å². The van der Waals surface area contributed by atoms with Crippen molar-refractivity contribution >= 4 is 11.8 Å². The maximum atomic E-state index is 3.76. The lowest BCUT2D eigenvalue weighted by Crippen LogP contribution is -2.45. The van der Waals surface area contributed by atoms with Crippen LogP contribution in [0.4, 0.5) is 0 Å². The van der Waals surface area contributed by atoms with Crippen LogP contribution in [0.2, 0.25) is 0 Å². The second-order valence-corrected chi connectivity index (χ2v) is 6.87. The minimum absolute atomic E-state index is 0.675. The topological polar surface area (TPSA) is 15.3 Å². The fraction of sp³-hybridized carbons (Fsp3) is 1.00. The van der Waals surface area contributed by atoms with Crippen LogP contribution in [-0.4, -0.2) is 49.1 Å². The van der Waals surface area contributed by atoms with E-state index >= 15 is 0 Å². The second-order valence-electron chi connectivity index (χ2n) is 5.96. The Bertz CT molecular complexity index is 209. The first-order valence-corrected chi connectivity index (χ1v) is 9.01. The Morgan fingerprint density at radius 1 is 1.39 bits per heavy atom. The number of likely N-dealkylation sites (tertiary alicyclic amines) is 1. The smallest absolute Gasteiger partial charge is 0.00793 e. The molecular formula is C15H32N2S. The van der Waals surface area contributed by atoms with Crippen molar-refractivity contribution in [3.63, 3.8) is 0 Å². The summed E-state index contributed by atoms with van der Waals surface area (Å²) >= 11 is 1.96. The Morgan fingerprint density at radius 3 is 2.83 bits per heavy atom. The van der Waals surface area contributed by atoms with Crippen LogP contribution < -0.4 is 5.32 Å². The molecule has 0 radical (unpaired) electrons. The average Bonchev–Trinajstić information content (AvgIpc) is 2.37. The number of thioether (sulfide) groups is 1. The highest BCUT2D eigenvalue weighted by atomic mass is 32.2. The van der Waals surface area contributed by atoms with Crippen LogP contribution in [0.5, 0.6) is 0 Å². The molecule has 18 heavy (non-hydrogen) atoms. The summed E-state index contributed by atoms with van der Waals surface area (Å²) in [6, 6.07) is 0.675. The Kier molecular flexibility index (Phi) is 8.36. The fourth-order valence-corrected chi connectivity index (χ4v) is 3.60. The quantitative estimate of drug-likeness (QED) is 0.731. The molecular weight excluding hydrogens is 240 g/mol. The van der Waals surface area contributed by atoms with Crippen molar-refractivity contribution in [2.24, 2.45) is 11.8 Å². The Balaban J connectivity index is 2.25. The van der Waals surface area contributed by atoms with Gasteiger partial charge in [-0.1, -0.05) is 13.8 Å². The van der Waals surface area contributed by atoms with Gasteiger partial charge < -0.3 is 10.2 Å². The standard InChI is InChI=1S/C15H32N2S/c1-5-8-17-9-6-7-15(11-17)14(3)16-10-13(2)12-18-4/h13-16H,5-12H2,1-4H3. The van der Waals surface area contributed by atoms with Gasteiger partial charge in [-0.25, -0.2) is 0 Å². The molecule has 1 fully saturated rings. The predicted molar refractivity (Wildman–Crippen MR) is 84.5 cm³/mol. The maximum Gasteiger partial charge on any atom is 0.00793 e. The number of nitrogens with zero attached hydrogens (tertiary/aromatic N) is 1. The van der Waals surface area contributed by atoms with Gasteiger partial charge in [0.2, 0.25) is 0 Å². The summed E-state index contributed by atoms with van der Waals surface area (Å²) in [7, 11) is 0. The third-order valence-corrected chi connectivity index (χ3v) is 4.93. The van der Waals surface area contributed by atoms with Crippen molar-refractivity contribution in [2.45, 2.75) is 46.1 Å². The van der Waals surface area contributed by atoms with Gasteiger partial charge in [-0.3, -0.25) is 0 Å². The van der Waals surface area contributed by atoms with Crippen LogP contribution in [-0.2, 0) is 0 Å². The van der Waals surface area contributed by atoms with Crippen LogP contribution in [0.25, 0.3) is 0 Å². The summed E-state index contributed by atoms with van der Waals surface area (Å²) in [6.45, 7) is 12.1. The van der Waals surface area contributed by atoms with E-state index in [-0.39, 0.29) is 0 Å².